The van der Waals surface area contributed by atoms with E-state index in [4.69, 9.17) is 16.3 Å². The molecule has 5 aromatic rings. The summed E-state index contributed by atoms with van der Waals surface area (Å²) in [5.74, 6) is -0.598. The Balaban J connectivity index is 1.26. The first-order valence-corrected chi connectivity index (χ1v) is 17.3. The largest absolute Gasteiger partial charge is 0.485 e. The van der Waals surface area contributed by atoms with E-state index in [-0.39, 0.29) is 77.3 Å². The highest BCUT2D eigenvalue weighted by Crippen LogP contribution is 2.34. The number of aromatic nitrogens is 6. The van der Waals surface area contributed by atoms with E-state index in [0.717, 1.165) is 28.3 Å². The first-order valence-electron chi connectivity index (χ1n) is 16.2. The Labute approximate surface area is 308 Å². The number of ether oxygens (including phenoxy) is 1. The van der Waals surface area contributed by atoms with Crippen LogP contribution in [0, 0.1) is 6.92 Å². The standard InChI is InChI=1S/C34H32BrClF3N9O4/c1-4-25-28(31(51)48-33(43-32(35)44-48)47(25)16-26(49)42-24-11-10-22(14-23(24)36)34(37,38)39)45-12-13-46(19(2)15-45)30(50)27-29(20(3)40-18-41-27)52-17-21-8-6-5-7-9-21/h5-11,14,18-19H,4,12-13,15-17H2,1-3H3,(H,42,49)/t19-/m1/s1. The van der Waals surface area contributed by atoms with Crippen molar-refractivity contribution in [1.82, 2.24) is 34.0 Å². The van der Waals surface area contributed by atoms with Gasteiger partial charge in [-0.1, -0.05) is 48.9 Å². The molecule has 3 aromatic heterocycles. The number of carbonyl (C=O) groups excluding carboxylic acids is 2. The van der Waals surface area contributed by atoms with E-state index in [1.165, 1.54) is 10.9 Å². The Morgan fingerprint density at radius 3 is 2.54 bits per heavy atom. The number of halogens is 5. The van der Waals surface area contributed by atoms with Crippen molar-refractivity contribution in [3.05, 3.63) is 103 Å². The monoisotopic (exact) mass is 801 g/mol. The molecule has 6 rings (SSSR count). The van der Waals surface area contributed by atoms with Gasteiger partial charge in [0.2, 0.25) is 16.4 Å². The quantitative estimate of drug-likeness (QED) is 0.203. The molecule has 0 spiro atoms. The second kappa shape index (κ2) is 14.9. The SMILES string of the molecule is CCc1c(N2CCN(C(=O)c3ncnc(C)c3OCc3ccccc3)[C@H](C)C2)c(=O)n2nc(Br)nc2n1CC(=O)Nc1ccc(C(F)(F)F)cc1Cl. The van der Waals surface area contributed by atoms with Crippen LogP contribution in [0.2, 0.25) is 5.02 Å². The third-order valence-electron chi connectivity index (χ3n) is 8.62. The molecule has 0 aliphatic carbocycles. The van der Waals surface area contributed by atoms with Crippen LogP contribution in [0.15, 0.2) is 64.4 Å². The lowest BCUT2D eigenvalue weighted by Crippen LogP contribution is -2.55. The van der Waals surface area contributed by atoms with Crippen LogP contribution < -0.4 is 20.5 Å². The number of amides is 2. The van der Waals surface area contributed by atoms with Gasteiger partial charge in [0.25, 0.3) is 11.5 Å². The van der Waals surface area contributed by atoms with E-state index in [9.17, 15) is 27.6 Å². The van der Waals surface area contributed by atoms with Crippen molar-refractivity contribution < 1.29 is 27.5 Å². The fourth-order valence-corrected chi connectivity index (χ4v) is 6.69. The molecule has 1 aliphatic rings. The van der Waals surface area contributed by atoms with Crippen molar-refractivity contribution in [1.29, 1.82) is 0 Å². The summed E-state index contributed by atoms with van der Waals surface area (Å²) in [7, 11) is 0. The summed E-state index contributed by atoms with van der Waals surface area (Å²) in [6.07, 6.45) is -2.98. The Bertz CT molecular complexity index is 2210. The van der Waals surface area contributed by atoms with Crippen LogP contribution >= 0.6 is 27.5 Å². The van der Waals surface area contributed by atoms with Crippen molar-refractivity contribution >= 4 is 56.5 Å². The number of aryl methyl sites for hydroxylation is 1. The number of fused-ring (bicyclic) bond motifs is 1. The lowest BCUT2D eigenvalue weighted by Gasteiger charge is -2.41. The van der Waals surface area contributed by atoms with Crippen molar-refractivity contribution in [2.45, 2.75) is 52.6 Å². The summed E-state index contributed by atoms with van der Waals surface area (Å²) in [6, 6.07) is 11.8. The minimum Gasteiger partial charge on any atom is -0.485 e. The smallest absolute Gasteiger partial charge is 0.416 e. The minimum atomic E-state index is -4.60. The van der Waals surface area contributed by atoms with Crippen LogP contribution in [-0.2, 0) is 30.5 Å². The number of nitrogens with zero attached hydrogens (tertiary/aromatic N) is 8. The number of anilines is 2. The number of alkyl halides is 3. The number of carbonyl (C=O) groups is 2. The van der Waals surface area contributed by atoms with Crippen LogP contribution in [-0.4, -0.2) is 71.5 Å². The predicted octanol–water partition coefficient (Wildman–Crippen LogP) is 5.56. The fourth-order valence-electron chi connectivity index (χ4n) is 6.15. The molecule has 13 nitrogen and oxygen atoms in total. The normalized spacial score (nSPS) is 14.9. The third-order valence-corrected chi connectivity index (χ3v) is 9.27. The molecule has 18 heteroatoms. The molecule has 2 amide bonds. The van der Waals surface area contributed by atoms with E-state index in [2.05, 4.69) is 41.3 Å². The highest BCUT2D eigenvalue weighted by Gasteiger charge is 2.35. The molecular weight excluding hydrogens is 771 g/mol. The van der Waals surface area contributed by atoms with Gasteiger partial charge in [-0.3, -0.25) is 14.4 Å². The second-order valence-corrected chi connectivity index (χ2v) is 13.2. The topological polar surface area (TPSA) is 140 Å². The van der Waals surface area contributed by atoms with Crippen LogP contribution in [0.4, 0.5) is 24.5 Å². The number of hydrogen-bond donors (Lipinski definition) is 1. The molecular formula is C34H32BrClF3N9O4. The molecule has 1 saturated heterocycles. The number of rotatable bonds is 9. The van der Waals surface area contributed by atoms with Gasteiger partial charge in [-0.05, 0) is 60.0 Å². The molecule has 4 heterocycles. The van der Waals surface area contributed by atoms with E-state index >= 15 is 0 Å². The predicted molar refractivity (Wildman–Crippen MR) is 190 cm³/mol. The molecule has 1 fully saturated rings. The third kappa shape index (κ3) is 7.46. The zero-order valence-electron chi connectivity index (χ0n) is 28.1. The van der Waals surface area contributed by atoms with Gasteiger partial charge in [0.1, 0.15) is 25.2 Å². The molecule has 0 radical (unpaired) electrons. The average Bonchev–Trinajstić information content (AvgIpc) is 3.51. The van der Waals surface area contributed by atoms with Gasteiger partial charge in [0, 0.05) is 25.7 Å². The Morgan fingerprint density at radius 2 is 1.87 bits per heavy atom. The second-order valence-electron chi connectivity index (χ2n) is 12.1. The number of benzene rings is 2. The molecule has 2 aromatic carbocycles. The highest BCUT2D eigenvalue weighted by molar-refractivity contribution is 9.10. The average molecular weight is 803 g/mol. The van der Waals surface area contributed by atoms with Gasteiger partial charge < -0.3 is 24.4 Å². The van der Waals surface area contributed by atoms with Gasteiger partial charge in [-0.15, -0.1) is 5.10 Å². The van der Waals surface area contributed by atoms with Crippen LogP contribution in [0.25, 0.3) is 5.78 Å². The van der Waals surface area contributed by atoms with Crippen molar-refractivity contribution in [2.75, 3.05) is 29.9 Å². The number of piperazine rings is 1. The van der Waals surface area contributed by atoms with Crippen molar-refractivity contribution in [3.8, 4) is 5.75 Å². The minimum absolute atomic E-state index is 0.0141. The van der Waals surface area contributed by atoms with Gasteiger partial charge in [0.15, 0.2) is 11.4 Å². The molecule has 1 N–H and O–H groups in total. The first-order chi connectivity index (χ1) is 24.8. The highest BCUT2D eigenvalue weighted by atomic mass is 79.9. The summed E-state index contributed by atoms with van der Waals surface area (Å²) in [4.78, 5) is 57.7. The number of nitrogens with one attached hydrogen (secondary N) is 1. The van der Waals surface area contributed by atoms with E-state index in [1.807, 2.05) is 49.1 Å². The van der Waals surface area contributed by atoms with Crippen molar-refractivity contribution in [2.24, 2.45) is 0 Å². The van der Waals surface area contributed by atoms with Gasteiger partial charge >= 0.3 is 6.18 Å². The maximum absolute atomic E-state index is 14.0. The molecule has 272 valence electrons. The lowest BCUT2D eigenvalue weighted by molar-refractivity contribution is -0.137. The summed E-state index contributed by atoms with van der Waals surface area (Å²) in [5, 5.41) is 6.48. The molecule has 0 unspecified atom stereocenters. The van der Waals surface area contributed by atoms with Crippen LogP contribution in [0.3, 0.4) is 0 Å². The summed E-state index contributed by atoms with van der Waals surface area (Å²) < 4.78 is 48.2. The van der Waals surface area contributed by atoms with Crippen LogP contribution in [0.1, 0.15) is 46.9 Å². The number of hydrogen-bond acceptors (Lipinski definition) is 9. The molecule has 1 aliphatic heterocycles. The Hall–Kier alpha value is -5.03. The molecule has 52 heavy (non-hydrogen) atoms. The van der Waals surface area contributed by atoms with E-state index in [1.54, 1.807) is 11.8 Å². The van der Waals surface area contributed by atoms with Gasteiger partial charge in [-0.2, -0.15) is 22.7 Å². The van der Waals surface area contributed by atoms with E-state index < -0.39 is 23.2 Å². The van der Waals surface area contributed by atoms with Crippen LogP contribution in [0.5, 0.6) is 5.75 Å². The first kappa shape index (κ1) is 36.8. The van der Waals surface area contributed by atoms with E-state index in [0.29, 0.717) is 23.6 Å². The molecule has 0 saturated carbocycles. The maximum Gasteiger partial charge on any atom is 0.416 e. The Morgan fingerprint density at radius 1 is 1.12 bits per heavy atom. The lowest BCUT2D eigenvalue weighted by atomic mass is 10.1. The molecule has 0 bridgehead atoms. The zero-order chi connectivity index (χ0) is 37.3. The summed E-state index contributed by atoms with van der Waals surface area (Å²) in [5.41, 5.74) is 0.878. The zero-order valence-corrected chi connectivity index (χ0v) is 30.5. The maximum atomic E-state index is 14.0. The summed E-state index contributed by atoms with van der Waals surface area (Å²) in [6.45, 7) is 6.03. The van der Waals surface area contributed by atoms with Gasteiger partial charge in [0.05, 0.1) is 27.7 Å². The molecule has 1 atom stereocenters. The van der Waals surface area contributed by atoms with Gasteiger partial charge in [-0.25, -0.2) is 9.97 Å². The fraction of sp³-hybridized carbons (Fsp3) is 0.324. The summed E-state index contributed by atoms with van der Waals surface area (Å²) >= 11 is 9.31. The Kier molecular flexibility index (Phi) is 10.5. The van der Waals surface area contributed by atoms with Crippen molar-refractivity contribution in [3.63, 3.8) is 0 Å².